The molecule has 1 aromatic carbocycles. The summed E-state index contributed by atoms with van der Waals surface area (Å²) in [6.45, 7) is 2.68. The number of ether oxygens (including phenoxy) is 1. The molecule has 1 heterocycles. The molecule has 0 radical (unpaired) electrons. The minimum Gasteiger partial charge on any atom is -0.465 e. The Kier molecular flexibility index (Phi) is 4.74. The van der Waals surface area contributed by atoms with Crippen molar-refractivity contribution in [3.05, 3.63) is 29.3 Å². The summed E-state index contributed by atoms with van der Waals surface area (Å²) in [4.78, 5) is 23.8. The van der Waals surface area contributed by atoms with E-state index in [9.17, 15) is 9.59 Å². The highest BCUT2D eigenvalue weighted by atomic mass is 16.5. The number of hydrogen-bond acceptors (Lipinski definition) is 4. The monoisotopic (exact) mass is 276 g/mol. The predicted molar refractivity (Wildman–Crippen MR) is 76.8 cm³/mol. The number of methoxy groups -OCH3 is 1. The molecule has 0 bridgehead atoms. The lowest BCUT2D eigenvalue weighted by Gasteiger charge is -2.23. The van der Waals surface area contributed by atoms with Gasteiger partial charge in [0.05, 0.1) is 18.7 Å². The molecule has 1 atom stereocenters. The standard InChI is InChI=1S/C15H20N2O3/c1-10-11(15(19)20-2)6-5-8-12(10)17-14(18)13-7-3-4-9-16-13/h5-6,8,13,16H,3-4,7,9H2,1-2H3,(H,17,18)/t13-/m0/s1. The highest BCUT2D eigenvalue weighted by Gasteiger charge is 2.21. The van der Waals surface area contributed by atoms with Crippen LogP contribution in [0.5, 0.6) is 0 Å². The number of carbonyl (C=O) groups is 2. The third kappa shape index (κ3) is 3.17. The summed E-state index contributed by atoms with van der Waals surface area (Å²) in [6, 6.07) is 5.08. The molecule has 0 unspecified atom stereocenters. The summed E-state index contributed by atoms with van der Waals surface area (Å²) in [5, 5.41) is 6.09. The average molecular weight is 276 g/mol. The van der Waals surface area contributed by atoms with Crippen molar-refractivity contribution in [2.45, 2.75) is 32.2 Å². The molecule has 5 heteroatoms. The summed E-state index contributed by atoms with van der Waals surface area (Å²) >= 11 is 0. The first kappa shape index (κ1) is 14.5. The number of piperidine rings is 1. The number of esters is 1. The van der Waals surface area contributed by atoms with Crippen LogP contribution in [0.3, 0.4) is 0 Å². The van der Waals surface area contributed by atoms with E-state index in [0.717, 1.165) is 31.4 Å². The van der Waals surface area contributed by atoms with Crippen LogP contribution in [-0.2, 0) is 9.53 Å². The minimum atomic E-state index is -0.394. The summed E-state index contributed by atoms with van der Waals surface area (Å²) in [5.74, 6) is -0.441. The molecule has 5 nitrogen and oxygen atoms in total. The lowest BCUT2D eigenvalue weighted by Crippen LogP contribution is -2.43. The van der Waals surface area contributed by atoms with Crippen molar-refractivity contribution in [2.24, 2.45) is 0 Å². The van der Waals surface area contributed by atoms with E-state index in [-0.39, 0.29) is 11.9 Å². The topological polar surface area (TPSA) is 67.4 Å². The molecular formula is C15H20N2O3. The molecular weight excluding hydrogens is 256 g/mol. The summed E-state index contributed by atoms with van der Waals surface area (Å²) < 4.78 is 4.73. The fraction of sp³-hybridized carbons (Fsp3) is 0.467. The van der Waals surface area contributed by atoms with E-state index in [1.165, 1.54) is 7.11 Å². The van der Waals surface area contributed by atoms with Gasteiger partial charge in [0, 0.05) is 5.69 Å². The lowest BCUT2D eigenvalue weighted by atomic mass is 10.0. The SMILES string of the molecule is COC(=O)c1cccc(NC(=O)[C@@H]2CCCCN2)c1C. The van der Waals surface area contributed by atoms with Gasteiger partial charge in [-0.1, -0.05) is 12.5 Å². The lowest BCUT2D eigenvalue weighted by molar-refractivity contribution is -0.118. The minimum absolute atomic E-state index is 0.0465. The number of amides is 1. The van der Waals surface area contributed by atoms with Crippen molar-refractivity contribution in [3.63, 3.8) is 0 Å². The maximum atomic E-state index is 12.2. The van der Waals surface area contributed by atoms with Crippen molar-refractivity contribution < 1.29 is 14.3 Å². The normalized spacial score (nSPS) is 18.4. The molecule has 108 valence electrons. The smallest absolute Gasteiger partial charge is 0.338 e. The molecule has 20 heavy (non-hydrogen) atoms. The van der Waals surface area contributed by atoms with Gasteiger partial charge in [-0.25, -0.2) is 4.79 Å². The Bertz CT molecular complexity index is 508. The molecule has 0 spiro atoms. The van der Waals surface area contributed by atoms with Gasteiger partial charge in [-0.15, -0.1) is 0 Å². The molecule has 0 saturated carbocycles. The Morgan fingerprint density at radius 2 is 2.15 bits per heavy atom. The Balaban J connectivity index is 2.12. The number of hydrogen-bond donors (Lipinski definition) is 2. The van der Waals surface area contributed by atoms with Crippen molar-refractivity contribution in [1.82, 2.24) is 5.32 Å². The van der Waals surface area contributed by atoms with E-state index in [2.05, 4.69) is 10.6 Å². The van der Waals surface area contributed by atoms with Crippen LogP contribution in [0.1, 0.15) is 35.2 Å². The molecule has 0 aromatic heterocycles. The molecule has 1 aromatic rings. The molecule has 1 saturated heterocycles. The van der Waals surface area contributed by atoms with Crippen LogP contribution >= 0.6 is 0 Å². The molecule has 1 fully saturated rings. The molecule has 2 N–H and O–H groups in total. The quantitative estimate of drug-likeness (QED) is 0.827. The fourth-order valence-corrected chi connectivity index (χ4v) is 2.40. The molecule has 1 aliphatic heterocycles. The Labute approximate surface area is 118 Å². The van der Waals surface area contributed by atoms with E-state index in [4.69, 9.17) is 4.74 Å². The van der Waals surface area contributed by atoms with Crippen molar-refractivity contribution in [2.75, 3.05) is 19.0 Å². The zero-order valence-electron chi connectivity index (χ0n) is 11.9. The Hall–Kier alpha value is -1.88. The number of anilines is 1. The maximum absolute atomic E-state index is 12.2. The summed E-state index contributed by atoms with van der Waals surface area (Å²) in [6.07, 6.45) is 3.02. The van der Waals surface area contributed by atoms with E-state index in [1.807, 2.05) is 0 Å². The van der Waals surface area contributed by atoms with Crippen molar-refractivity contribution in [1.29, 1.82) is 0 Å². The van der Waals surface area contributed by atoms with E-state index in [1.54, 1.807) is 25.1 Å². The van der Waals surface area contributed by atoms with E-state index < -0.39 is 5.97 Å². The van der Waals surface area contributed by atoms with Crippen LogP contribution in [-0.4, -0.2) is 31.6 Å². The van der Waals surface area contributed by atoms with Gasteiger partial charge >= 0.3 is 5.97 Å². The first-order chi connectivity index (χ1) is 9.63. The second kappa shape index (κ2) is 6.52. The van der Waals surface area contributed by atoms with Crippen LogP contribution in [0.4, 0.5) is 5.69 Å². The van der Waals surface area contributed by atoms with Crippen LogP contribution in [0.25, 0.3) is 0 Å². The predicted octanol–water partition coefficient (Wildman–Crippen LogP) is 1.86. The molecule has 2 rings (SSSR count). The number of rotatable bonds is 3. The Morgan fingerprint density at radius 3 is 2.80 bits per heavy atom. The maximum Gasteiger partial charge on any atom is 0.338 e. The van der Waals surface area contributed by atoms with Gasteiger partial charge < -0.3 is 15.4 Å². The van der Waals surface area contributed by atoms with Crippen LogP contribution in [0, 0.1) is 6.92 Å². The van der Waals surface area contributed by atoms with Crippen LogP contribution in [0.2, 0.25) is 0 Å². The second-order valence-corrected chi connectivity index (χ2v) is 4.96. The third-order valence-electron chi connectivity index (χ3n) is 3.62. The van der Waals surface area contributed by atoms with Crippen molar-refractivity contribution >= 4 is 17.6 Å². The molecule has 1 aliphatic rings. The molecule has 0 aliphatic carbocycles. The highest BCUT2D eigenvalue weighted by Crippen LogP contribution is 2.20. The zero-order chi connectivity index (χ0) is 14.5. The van der Waals surface area contributed by atoms with E-state index >= 15 is 0 Å². The van der Waals surface area contributed by atoms with Gasteiger partial charge in [-0.2, -0.15) is 0 Å². The zero-order valence-corrected chi connectivity index (χ0v) is 11.9. The fourth-order valence-electron chi connectivity index (χ4n) is 2.40. The summed E-state index contributed by atoms with van der Waals surface area (Å²) in [7, 11) is 1.35. The third-order valence-corrected chi connectivity index (χ3v) is 3.62. The van der Waals surface area contributed by atoms with Gasteiger partial charge in [-0.3, -0.25) is 4.79 Å². The largest absolute Gasteiger partial charge is 0.465 e. The average Bonchev–Trinajstić information content (AvgIpc) is 2.49. The number of nitrogens with one attached hydrogen (secondary N) is 2. The van der Waals surface area contributed by atoms with Crippen molar-refractivity contribution in [3.8, 4) is 0 Å². The van der Waals surface area contributed by atoms with Gasteiger partial charge in [0.25, 0.3) is 0 Å². The second-order valence-electron chi connectivity index (χ2n) is 4.96. The number of carbonyl (C=O) groups excluding carboxylic acids is 2. The molecule has 1 amide bonds. The Morgan fingerprint density at radius 1 is 1.35 bits per heavy atom. The van der Waals surface area contributed by atoms with Gasteiger partial charge in [-0.05, 0) is 44.0 Å². The number of benzene rings is 1. The van der Waals surface area contributed by atoms with Crippen LogP contribution < -0.4 is 10.6 Å². The van der Waals surface area contributed by atoms with E-state index in [0.29, 0.717) is 11.3 Å². The first-order valence-electron chi connectivity index (χ1n) is 6.85. The highest BCUT2D eigenvalue weighted by molar-refractivity contribution is 5.98. The van der Waals surface area contributed by atoms with Gasteiger partial charge in [0.1, 0.15) is 0 Å². The first-order valence-corrected chi connectivity index (χ1v) is 6.85. The van der Waals surface area contributed by atoms with Gasteiger partial charge in [0.15, 0.2) is 0 Å². The van der Waals surface area contributed by atoms with Gasteiger partial charge in [0.2, 0.25) is 5.91 Å². The van der Waals surface area contributed by atoms with Crippen LogP contribution in [0.15, 0.2) is 18.2 Å². The summed E-state index contributed by atoms with van der Waals surface area (Å²) in [5.41, 5.74) is 1.86.